The molecule has 1 aromatic carbocycles. The van der Waals surface area contributed by atoms with Gasteiger partial charge < -0.3 is 0 Å². The van der Waals surface area contributed by atoms with Crippen molar-refractivity contribution in [3.05, 3.63) is 65.9 Å². The van der Waals surface area contributed by atoms with Gasteiger partial charge in [-0.05, 0) is 5.56 Å². The first-order valence-corrected chi connectivity index (χ1v) is 11.4. The van der Waals surface area contributed by atoms with E-state index in [-0.39, 0.29) is 0 Å². The van der Waals surface area contributed by atoms with Crippen LogP contribution in [0.5, 0.6) is 0 Å². The van der Waals surface area contributed by atoms with Crippen molar-refractivity contribution < 1.29 is 0 Å². The molecule has 19 heavy (non-hydrogen) atoms. The minimum Gasteiger partial charge on any atom is -0.154 e. The molecule has 0 amide bonds. The highest BCUT2D eigenvalue weighted by Crippen LogP contribution is 2.06. The molecule has 0 spiro atoms. The zero-order valence-corrected chi connectivity index (χ0v) is 14.0. The van der Waals surface area contributed by atoms with E-state index in [1.54, 1.807) is 0 Å². The number of hydrogen-bond donors (Lipinski definition) is 0. The number of thioether (sulfide) groups is 1. The van der Waals surface area contributed by atoms with Crippen molar-refractivity contribution >= 4 is 25.9 Å². The second-order valence-electron chi connectivity index (χ2n) is 5.50. The number of benzene rings is 1. The molecule has 0 aliphatic heterocycles. The second kappa shape index (κ2) is 9.00. The van der Waals surface area contributed by atoms with Gasteiger partial charge in [-0.2, -0.15) is 11.8 Å². The molecule has 0 aliphatic rings. The van der Waals surface area contributed by atoms with Crippen molar-refractivity contribution in [1.29, 1.82) is 0 Å². The molecule has 0 saturated carbocycles. The Balaban J connectivity index is 2.15. The number of hydrogen-bond acceptors (Lipinski definition) is 1. The van der Waals surface area contributed by atoms with Crippen LogP contribution < -0.4 is 0 Å². The van der Waals surface area contributed by atoms with Crippen LogP contribution in [0, 0.1) is 0 Å². The zero-order chi connectivity index (χ0) is 14.0. The minimum absolute atomic E-state index is 0.999. The van der Waals surface area contributed by atoms with E-state index in [2.05, 4.69) is 80.0 Å². The molecule has 0 unspecified atom stereocenters. The smallest absolute Gasteiger partial charge is 0.0683 e. The maximum atomic E-state index is 2.42. The average molecular weight is 289 g/mol. The average Bonchev–Trinajstić information content (AvgIpc) is 2.37. The van der Waals surface area contributed by atoms with Gasteiger partial charge in [0.25, 0.3) is 0 Å². The summed E-state index contributed by atoms with van der Waals surface area (Å²) in [7, 11) is -0.999. The van der Waals surface area contributed by atoms with Crippen LogP contribution in [-0.2, 0) is 0 Å². The molecule has 0 nitrogen and oxygen atoms in total. The third kappa shape index (κ3) is 9.57. The van der Waals surface area contributed by atoms with Crippen LogP contribution in [0.3, 0.4) is 0 Å². The van der Waals surface area contributed by atoms with Crippen LogP contribution in [0.2, 0.25) is 19.6 Å². The Kier molecular flexibility index (Phi) is 7.61. The van der Waals surface area contributed by atoms with E-state index in [4.69, 9.17) is 0 Å². The van der Waals surface area contributed by atoms with Gasteiger partial charge in [0.2, 0.25) is 0 Å². The second-order valence-corrected chi connectivity index (χ2v) is 11.6. The van der Waals surface area contributed by atoms with Crippen molar-refractivity contribution in [2.24, 2.45) is 0 Å². The van der Waals surface area contributed by atoms with Crippen LogP contribution in [0.25, 0.3) is 6.08 Å². The predicted molar refractivity (Wildman–Crippen MR) is 94.4 cm³/mol. The van der Waals surface area contributed by atoms with E-state index in [1.165, 1.54) is 5.56 Å². The lowest BCUT2D eigenvalue weighted by molar-refractivity contribution is 1.65. The van der Waals surface area contributed by atoms with Crippen molar-refractivity contribution in [3.63, 3.8) is 0 Å². The third-order valence-electron chi connectivity index (χ3n) is 2.38. The van der Waals surface area contributed by atoms with Crippen molar-refractivity contribution in [2.75, 3.05) is 11.5 Å². The predicted octanol–water partition coefficient (Wildman–Crippen LogP) is 5.42. The van der Waals surface area contributed by atoms with E-state index < -0.39 is 8.07 Å². The highest BCUT2D eigenvalue weighted by atomic mass is 32.2. The molecule has 0 bridgehead atoms. The SMILES string of the molecule is C[Si](C)(C)/C=C/CSC/C=C/C=C/c1ccccc1. The number of allylic oxidation sites excluding steroid dienone is 2. The topological polar surface area (TPSA) is 0 Å². The van der Waals surface area contributed by atoms with Gasteiger partial charge in [0.1, 0.15) is 0 Å². The lowest BCUT2D eigenvalue weighted by Gasteiger charge is -2.07. The molecule has 102 valence electrons. The Hall–Kier alpha value is -0.993. The molecule has 0 N–H and O–H groups in total. The molecule has 0 fully saturated rings. The van der Waals surface area contributed by atoms with Gasteiger partial charge in [-0.15, -0.1) is 0 Å². The molecule has 1 aromatic rings. The Morgan fingerprint density at radius 3 is 2.32 bits per heavy atom. The summed E-state index contributed by atoms with van der Waals surface area (Å²) in [6.45, 7) is 7.09. The molecule has 0 heterocycles. The summed E-state index contributed by atoms with van der Waals surface area (Å²) < 4.78 is 0. The monoisotopic (exact) mass is 288 g/mol. The minimum atomic E-state index is -0.999. The molecular weight excluding hydrogens is 264 g/mol. The maximum absolute atomic E-state index is 2.42. The summed E-state index contributed by atoms with van der Waals surface area (Å²) in [5.41, 5.74) is 3.66. The normalized spacial score (nSPS) is 13.0. The summed E-state index contributed by atoms with van der Waals surface area (Å²) in [5, 5.41) is 0. The zero-order valence-electron chi connectivity index (χ0n) is 12.2. The maximum Gasteiger partial charge on any atom is 0.0683 e. The summed E-state index contributed by atoms with van der Waals surface area (Å²) >= 11 is 1.95. The third-order valence-corrected chi connectivity index (χ3v) is 4.47. The van der Waals surface area contributed by atoms with Gasteiger partial charge >= 0.3 is 0 Å². The standard InChI is InChI=1S/C17H24SSi/c1-19(2,3)16-10-15-18-14-9-5-8-13-17-11-6-4-7-12-17/h4-13,16H,14-15H2,1-3H3/b9-5+,13-8+,16-10+. The summed E-state index contributed by atoms with van der Waals surface area (Å²) in [6.07, 6.45) is 10.9. The Morgan fingerprint density at radius 2 is 1.63 bits per heavy atom. The van der Waals surface area contributed by atoms with E-state index in [9.17, 15) is 0 Å². The van der Waals surface area contributed by atoms with Gasteiger partial charge in [0, 0.05) is 11.5 Å². The largest absolute Gasteiger partial charge is 0.154 e. The van der Waals surface area contributed by atoms with Crippen LogP contribution in [0.15, 0.2) is 60.3 Å². The van der Waals surface area contributed by atoms with Gasteiger partial charge in [-0.25, -0.2) is 0 Å². The lowest BCUT2D eigenvalue weighted by atomic mass is 10.2. The molecule has 0 saturated heterocycles. The van der Waals surface area contributed by atoms with Crippen LogP contribution >= 0.6 is 11.8 Å². The number of rotatable bonds is 7. The molecule has 0 radical (unpaired) electrons. The summed E-state index contributed by atoms with van der Waals surface area (Å²) in [6, 6.07) is 10.4. The van der Waals surface area contributed by atoms with E-state index in [0.29, 0.717) is 0 Å². The first kappa shape index (κ1) is 16.1. The lowest BCUT2D eigenvalue weighted by Crippen LogP contribution is -2.15. The Morgan fingerprint density at radius 1 is 0.947 bits per heavy atom. The van der Waals surface area contributed by atoms with Crippen LogP contribution in [0.4, 0.5) is 0 Å². The first-order chi connectivity index (χ1) is 9.08. The Bertz CT molecular complexity index is 424. The van der Waals surface area contributed by atoms with Crippen molar-refractivity contribution in [1.82, 2.24) is 0 Å². The fourth-order valence-corrected chi connectivity index (χ4v) is 3.08. The quantitative estimate of drug-likeness (QED) is 0.366. The molecular formula is C17H24SSi. The molecule has 2 heteroatoms. The van der Waals surface area contributed by atoms with Crippen LogP contribution in [0.1, 0.15) is 5.56 Å². The summed E-state index contributed by atoms with van der Waals surface area (Å²) in [4.78, 5) is 0. The fourth-order valence-electron chi connectivity index (χ4n) is 1.47. The molecule has 0 atom stereocenters. The van der Waals surface area contributed by atoms with Gasteiger partial charge in [-0.3, -0.25) is 0 Å². The highest BCUT2D eigenvalue weighted by Gasteiger charge is 2.05. The van der Waals surface area contributed by atoms with Gasteiger partial charge in [-0.1, -0.05) is 86.1 Å². The summed E-state index contributed by atoms with van der Waals surface area (Å²) in [5.74, 6) is 2.20. The fraction of sp³-hybridized carbons (Fsp3) is 0.294. The van der Waals surface area contributed by atoms with E-state index >= 15 is 0 Å². The van der Waals surface area contributed by atoms with E-state index in [1.807, 2.05) is 17.8 Å². The molecule has 0 aliphatic carbocycles. The highest BCUT2D eigenvalue weighted by molar-refractivity contribution is 7.99. The first-order valence-electron chi connectivity index (χ1n) is 6.72. The van der Waals surface area contributed by atoms with E-state index in [0.717, 1.165) is 11.5 Å². The van der Waals surface area contributed by atoms with Gasteiger partial charge in [0.15, 0.2) is 0 Å². The van der Waals surface area contributed by atoms with Crippen molar-refractivity contribution in [2.45, 2.75) is 19.6 Å². The molecule has 1 rings (SSSR count). The van der Waals surface area contributed by atoms with Gasteiger partial charge in [0.05, 0.1) is 8.07 Å². The molecule has 0 aromatic heterocycles. The Labute approximate surface area is 123 Å². The van der Waals surface area contributed by atoms with Crippen molar-refractivity contribution in [3.8, 4) is 0 Å². The van der Waals surface area contributed by atoms with Crippen LogP contribution in [-0.4, -0.2) is 19.6 Å².